The number of para-hydroxylation sites is 1. The number of carbonyl (C=O) groups is 2. The molecule has 0 aliphatic rings. The number of urea groups is 1. The zero-order chi connectivity index (χ0) is 20.8. The molecule has 0 unspecified atom stereocenters. The molecule has 3 aromatic rings. The third-order valence-corrected chi connectivity index (χ3v) is 3.85. The van der Waals surface area contributed by atoms with Crippen molar-refractivity contribution in [2.45, 2.75) is 19.9 Å². The van der Waals surface area contributed by atoms with E-state index < -0.39 is 5.91 Å². The maximum Gasteiger partial charge on any atom is 0.319 e. The van der Waals surface area contributed by atoms with Gasteiger partial charge in [-0.2, -0.15) is 9.78 Å². The Hall–Kier alpha value is -3.94. The van der Waals surface area contributed by atoms with Crippen LogP contribution < -0.4 is 21.5 Å². The van der Waals surface area contributed by atoms with Crippen LogP contribution in [0.3, 0.4) is 0 Å². The van der Waals surface area contributed by atoms with Crippen molar-refractivity contribution < 1.29 is 9.59 Å². The molecule has 3 rings (SSSR count). The second-order valence-corrected chi connectivity index (χ2v) is 6.59. The first kappa shape index (κ1) is 19.8. The molecule has 0 spiro atoms. The molecule has 0 atom stereocenters. The molecule has 1 aromatic heterocycles. The topological polar surface area (TPSA) is 105 Å². The molecule has 3 amide bonds. The monoisotopic (exact) mass is 391 g/mol. The molecular weight excluding hydrogens is 370 g/mol. The standard InChI is InChI=1S/C21H21N5O3/c1-14(2)22-21(29)24-16-10-8-15(9-11-16)23-20(28)18-12-13-19(27)26(25-18)17-6-4-3-5-7-17/h3-14H,1-2H3,(H,23,28)(H2,22,24,29). The van der Waals surface area contributed by atoms with Gasteiger partial charge in [-0.05, 0) is 56.3 Å². The molecule has 0 saturated heterocycles. The lowest BCUT2D eigenvalue weighted by molar-refractivity contribution is 0.102. The molecule has 0 aliphatic heterocycles. The van der Waals surface area contributed by atoms with Crippen LogP contribution in [0, 0.1) is 0 Å². The van der Waals surface area contributed by atoms with Gasteiger partial charge in [0.25, 0.3) is 11.5 Å². The molecule has 1 heterocycles. The number of amides is 3. The Morgan fingerprint density at radius 2 is 1.48 bits per heavy atom. The maximum absolute atomic E-state index is 12.5. The van der Waals surface area contributed by atoms with Gasteiger partial charge in [0, 0.05) is 23.5 Å². The van der Waals surface area contributed by atoms with E-state index in [1.54, 1.807) is 48.5 Å². The van der Waals surface area contributed by atoms with E-state index in [2.05, 4.69) is 21.0 Å². The molecular formula is C21H21N5O3. The van der Waals surface area contributed by atoms with Gasteiger partial charge < -0.3 is 16.0 Å². The predicted molar refractivity (Wildman–Crippen MR) is 112 cm³/mol. The number of nitrogens with one attached hydrogen (secondary N) is 3. The number of nitrogens with zero attached hydrogens (tertiary/aromatic N) is 2. The Bertz CT molecular complexity index is 1060. The average Bonchev–Trinajstić information content (AvgIpc) is 2.70. The van der Waals surface area contributed by atoms with Gasteiger partial charge in [-0.1, -0.05) is 18.2 Å². The Morgan fingerprint density at radius 3 is 2.10 bits per heavy atom. The highest BCUT2D eigenvalue weighted by Gasteiger charge is 2.11. The van der Waals surface area contributed by atoms with Gasteiger partial charge in [0.1, 0.15) is 5.69 Å². The summed E-state index contributed by atoms with van der Waals surface area (Å²) in [6.45, 7) is 3.74. The SMILES string of the molecule is CC(C)NC(=O)Nc1ccc(NC(=O)c2ccc(=O)n(-c3ccccc3)n2)cc1. The number of benzene rings is 2. The summed E-state index contributed by atoms with van der Waals surface area (Å²) < 4.78 is 1.18. The van der Waals surface area contributed by atoms with E-state index in [0.717, 1.165) is 0 Å². The quantitative estimate of drug-likeness (QED) is 0.622. The van der Waals surface area contributed by atoms with E-state index >= 15 is 0 Å². The number of hydrogen-bond donors (Lipinski definition) is 3. The number of anilines is 2. The van der Waals surface area contributed by atoms with Crippen molar-refractivity contribution in [3.63, 3.8) is 0 Å². The second kappa shape index (κ2) is 8.83. The molecule has 0 saturated carbocycles. The number of aromatic nitrogens is 2. The fourth-order valence-corrected chi connectivity index (χ4v) is 2.55. The number of carbonyl (C=O) groups excluding carboxylic acids is 2. The second-order valence-electron chi connectivity index (χ2n) is 6.59. The molecule has 3 N–H and O–H groups in total. The number of hydrogen-bond acceptors (Lipinski definition) is 4. The summed E-state index contributed by atoms with van der Waals surface area (Å²) in [5.41, 5.74) is 1.47. The molecule has 0 bridgehead atoms. The molecule has 29 heavy (non-hydrogen) atoms. The lowest BCUT2D eigenvalue weighted by atomic mass is 10.2. The minimum Gasteiger partial charge on any atom is -0.336 e. The van der Waals surface area contributed by atoms with E-state index in [9.17, 15) is 14.4 Å². The van der Waals surface area contributed by atoms with E-state index in [1.807, 2.05) is 19.9 Å². The summed E-state index contributed by atoms with van der Waals surface area (Å²) in [4.78, 5) is 36.3. The highest BCUT2D eigenvalue weighted by atomic mass is 16.2. The molecule has 8 heteroatoms. The Labute approximate surface area is 167 Å². The highest BCUT2D eigenvalue weighted by Crippen LogP contribution is 2.14. The van der Waals surface area contributed by atoms with E-state index in [1.165, 1.54) is 16.8 Å². The zero-order valence-corrected chi connectivity index (χ0v) is 16.0. The highest BCUT2D eigenvalue weighted by molar-refractivity contribution is 6.02. The number of rotatable bonds is 5. The van der Waals surface area contributed by atoms with E-state index in [4.69, 9.17) is 0 Å². The molecule has 0 radical (unpaired) electrons. The van der Waals surface area contributed by atoms with Crippen LogP contribution >= 0.6 is 0 Å². The van der Waals surface area contributed by atoms with Crippen molar-refractivity contribution in [2.24, 2.45) is 0 Å². The smallest absolute Gasteiger partial charge is 0.319 e. The molecule has 0 fully saturated rings. The zero-order valence-electron chi connectivity index (χ0n) is 16.0. The van der Waals surface area contributed by atoms with Crippen LogP contribution in [0.2, 0.25) is 0 Å². The summed E-state index contributed by atoms with van der Waals surface area (Å²) in [5, 5.41) is 12.3. The van der Waals surface area contributed by atoms with Crippen LogP contribution in [0.25, 0.3) is 5.69 Å². The molecule has 8 nitrogen and oxygen atoms in total. The van der Waals surface area contributed by atoms with Gasteiger partial charge in [-0.15, -0.1) is 0 Å². The summed E-state index contributed by atoms with van der Waals surface area (Å²) in [7, 11) is 0. The fourth-order valence-electron chi connectivity index (χ4n) is 2.55. The Balaban J connectivity index is 1.71. The summed E-state index contributed by atoms with van der Waals surface area (Å²) in [6, 6.07) is 17.9. The maximum atomic E-state index is 12.5. The van der Waals surface area contributed by atoms with Gasteiger partial charge in [-0.25, -0.2) is 4.79 Å². The van der Waals surface area contributed by atoms with Crippen molar-refractivity contribution in [2.75, 3.05) is 10.6 Å². The minimum atomic E-state index is -0.451. The van der Waals surface area contributed by atoms with Crippen molar-refractivity contribution in [1.29, 1.82) is 0 Å². The minimum absolute atomic E-state index is 0.0280. The third kappa shape index (κ3) is 5.29. The first-order valence-corrected chi connectivity index (χ1v) is 9.07. The first-order chi connectivity index (χ1) is 13.9. The molecule has 148 valence electrons. The first-order valence-electron chi connectivity index (χ1n) is 9.07. The van der Waals surface area contributed by atoms with Gasteiger partial charge in [0.05, 0.1) is 5.69 Å². The van der Waals surface area contributed by atoms with Gasteiger partial charge >= 0.3 is 6.03 Å². The van der Waals surface area contributed by atoms with Crippen LogP contribution in [0.1, 0.15) is 24.3 Å². The van der Waals surface area contributed by atoms with Crippen LogP contribution in [0.4, 0.5) is 16.2 Å². The predicted octanol–water partition coefficient (Wildman–Crippen LogP) is 3.01. The fraction of sp³-hybridized carbons (Fsp3) is 0.143. The summed E-state index contributed by atoms with van der Waals surface area (Å²) in [6.07, 6.45) is 0. The van der Waals surface area contributed by atoms with Crippen molar-refractivity contribution >= 4 is 23.3 Å². The molecule has 2 aromatic carbocycles. The normalized spacial score (nSPS) is 10.4. The van der Waals surface area contributed by atoms with Gasteiger partial charge in [0.2, 0.25) is 0 Å². The van der Waals surface area contributed by atoms with Crippen LogP contribution in [0.15, 0.2) is 71.5 Å². The van der Waals surface area contributed by atoms with Crippen molar-refractivity contribution in [3.05, 3.63) is 82.8 Å². The third-order valence-electron chi connectivity index (χ3n) is 3.85. The largest absolute Gasteiger partial charge is 0.336 e. The lowest BCUT2D eigenvalue weighted by Gasteiger charge is -2.11. The van der Waals surface area contributed by atoms with Crippen molar-refractivity contribution in [3.8, 4) is 5.69 Å². The summed E-state index contributed by atoms with van der Waals surface area (Å²) >= 11 is 0. The lowest BCUT2D eigenvalue weighted by Crippen LogP contribution is -2.34. The Morgan fingerprint density at radius 1 is 0.862 bits per heavy atom. The average molecular weight is 391 g/mol. The van der Waals surface area contributed by atoms with Crippen LogP contribution in [-0.4, -0.2) is 27.8 Å². The van der Waals surface area contributed by atoms with E-state index in [0.29, 0.717) is 17.1 Å². The van der Waals surface area contributed by atoms with Crippen LogP contribution in [-0.2, 0) is 0 Å². The van der Waals surface area contributed by atoms with E-state index in [-0.39, 0.29) is 23.3 Å². The van der Waals surface area contributed by atoms with Crippen LogP contribution in [0.5, 0.6) is 0 Å². The van der Waals surface area contributed by atoms with Crippen molar-refractivity contribution in [1.82, 2.24) is 15.1 Å². The molecule has 0 aliphatic carbocycles. The van der Waals surface area contributed by atoms with Gasteiger partial charge in [0.15, 0.2) is 0 Å². The Kier molecular flexibility index (Phi) is 6.03. The van der Waals surface area contributed by atoms with Gasteiger partial charge in [-0.3, -0.25) is 9.59 Å². The summed E-state index contributed by atoms with van der Waals surface area (Å²) in [5.74, 6) is -0.451.